The number of hydrogen-bond acceptors (Lipinski definition) is 6. The van der Waals surface area contributed by atoms with Gasteiger partial charge in [-0.15, -0.1) is 0 Å². The van der Waals surface area contributed by atoms with Crippen LogP contribution in [-0.2, 0) is 17.9 Å². The highest BCUT2D eigenvalue weighted by Crippen LogP contribution is 2.47. The number of halogens is 2. The maximum atomic E-state index is 13.8. The van der Waals surface area contributed by atoms with Crippen LogP contribution in [0.25, 0.3) is 28.1 Å². The molecular weight excluding hydrogens is 589 g/mol. The second kappa shape index (κ2) is 11.4. The topological polar surface area (TPSA) is 91.5 Å². The first kappa shape index (κ1) is 30.6. The number of rotatable bonds is 7. The monoisotopic (exact) mass is 623 g/mol. The standard InChI is InChI=1S/C32H35Cl2N5O4/c1-9-22(40)15-38-18(3)28(17(2)35-38)23-13-24-27(14-26(23)42-8)43-16-25-29(31(41)37(7)32(4,5)6)36-39(30(24)25)21-11-19(33)10-20(34)12-21/h10-14H,9,15-16H2,1-8H3. The van der Waals surface area contributed by atoms with Crippen molar-refractivity contribution in [1.29, 1.82) is 0 Å². The number of carbonyl (C=O) groups is 2. The zero-order valence-corrected chi connectivity index (χ0v) is 27.1. The largest absolute Gasteiger partial charge is 0.496 e. The van der Waals surface area contributed by atoms with Gasteiger partial charge in [0.2, 0.25) is 0 Å². The van der Waals surface area contributed by atoms with Gasteiger partial charge < -0.3 is 14.4 Å². The van der Waals surface area contributed by atoms with Crippen molar-refractivity contribution in [1.82, 2.24) is 24.5 Å². The molecule has 0 N–H and O–H groups in total. The van der Waals surface area contributed by atoms with Gasteiger partial charge in [0.05, 0.1) is 30.7 Å². The maximum Gasteiger partial charge on any atom is 0.274 e. The molecule has 0 saturated carbocycles. The quantitative estimate of drug-likeness (QED) is 0.218. The van der Waals surface area contributed by atoms with Crippen molar-refractivity contribution in [2.24, 2.45) is 0 Å². The van der Waals surface area contributed by atoms with Gasteiger partial charge in [-0.05, 0) is 58.9 Å². The van der Waals surface area contributed by atoms with Crippen molar-refractivity contribution in [2.75, 3.05) is 14.2 Å². The zero-order chi connectivity index (χ0) is 31.4. The summed E-state index contributed by atoms with van der Waals surface area (Å²) in [5, 5.41) is 10.4. The predicted molar refractivity (Wildman–Crippen MR) is 168 cm³/mol. The number of hydrogen-bond donors (Lipinski definition) is 0. The number of carbonyl (C=O) groups excluding carboxylic acids is 2. The number of aryl methyl sites for hydroxylation is 1. The fourth-order valence-corrected chi connectivity index (χ4v) is 5.76. The molecule has 4 aromatic rings. The van der Waals surface area contributed by atoms with Crippen LogP contribution in [0.2, 0.25) is 10.0 Å². The Morgan fingerprint density at radius 3 is 2.33 bits per heavy atom. The van der Waals surface area contributed by atoms with E-state index < -0.39 is 5.54 Å². The van der Waals surface area contributed by atoms with Gasteiger partial charge in [-0.2, -0.15) is 10.2 Å². The summed E-state index contributed by atoms with van der Waals surface area (Å²) in [4.78, 5) is 27.8. The second-order valence-corrected chi connectivity index (χ2v) is 12.6. The first-order valence-corrected chi connectivity index (χ1v) is 14.8. The molecule has 0 atom stereocenters. The number of ether oxygens (including phenoxy) is 2. The van der Waals surface area contributed by atoms with E-state index in [2.05, 4.69) is 5.10 Å². The first-order chi connectivity index (χ1) is 20.2. The third-order valence-electron chi connectivity index (χ3n) is 7.89. The number of amides is 1. The highest BCUT2D eigenvalue weighted by Gasteiger charge is 2.35. The Kier molecular flexibility index (Phi) is 8.09. The molecule has 0 unspecified atom stereocenters. The summed E-state index contributed by atoms with van der Waals surface area (Å²) in [5.74, 6) is 1.03. The van der Waals surface area contributed by atoms with Crippen LogP contribution in [0.5, 0.6) is 11.5 Å². The Bertz CT molecular complexity index is 1750. The van der Waals surface area contributed by atoms with Gasteiger partial charge in [0.15, 0.2) is 11.5 Å². The van der Waals surface area contributed by atoms with Gasteiger partial charge in [-0.1, -0.05) is 30.1 Å². The van der Waals surface area contributed by atoms with Crippen LogP contribution in [-0.4, -0.2) is 55.8 Å². The lowest BCUT2D eigenvalue weighted by Crippen LogP contribution is -2.43. The van der Waals surface area contributed by atoms with E-state index in [1.54, 1.807) is 46.6 Å². The van der Waals surface area contributed by atoms with E-state index in [0.29, 0.717) is 50.5 Å². The summed E-state index contributed by atoms with van der Waals surface area (Å²) >= 11 is 12.8. The molecule has 0 spiro atoms. The molecule has 0 bridgehead atoms. The highest BCUT2D eigenvalue weighted by molar-refractivity contribution is 6.34. The molecule has 11 heteroatoms. The molecule has 226 valence electrons. The number of benzene rings is 2. The van der Waals surface area contributed by atoms with E-state index >= 15 is 0 Å². The number of Topliss-reactive ketones (excluding diaryl/α,β-unsaturated/α-hetero) is 1. The molecule has 0 radical (unpaired) electrons. The van der Waals surface area contributed by atoms with Crippen LogP contribution in [0.3, 0.4) is 0 Å². The summed E-state index contributed by atoms with van der Waals surface area (Å²) in [6.07, 6.45) is 0.429. The van der Waals surface area contributed by atoms with Crippen molar-refractivity contribution in [3.8, 4) is 39.6 Å². The van der Waals surface area contributed by atoms with Crippen molar-refractivity contribution < 1.29 is 19.1 Å². The summed E-state index contributed by atoms with van der Waals surface area (Å²) < 4.78 is 15.5. The molecule has 0 saturated heterocycles. The van der Waals surface area contributed by atoms with Gasteiger partial charge in [-0.3, -0.25) is 14.3 Å². The normalized spacial score (nSPS) is 12.4. The first-order valence-electron chi connectivity index (χ1n) is 14.0. The molecule has 9 nitrogen and oxygen atoms in total. The molecule has 1 aliphatic heterocycles. The molecule has 3 heterocycles. The number of methoxy groups -OCH3 is 1. The molecule has 2 aromatic carbocycles. The predicted octanol–water partition coefficient (Wildman–Crippen LogP) is 7.08. The Morgan fingerprint density at radius 2 is 1.72 bits per heavy atom. The molecule has 0 fully saturated rings. The third-order valence-corrected chi connectivity index (χ3v) is 8.33. The molecular formula is C32H35Cl2N5O4. The number of fused-ring (bicyclic) bond motifs is 3. The Hall–Kier alpha value is -3.82. The van der Waals surface area contributed by atoms with E-state index in [0.717, 1.165) is 22.5 Å². The molecule has 5 rings (SSSR count). The lowest BCUT2D eigenvalue weighted by atomic mass is 9.94. The van der Waals surface area contributed by atoms with Gasteiger partial charge in [0.25, 0.3) is 5.91 Å². The number of nitrogens with zero attached hydrogens (tertiary/aromatic N) is 5. The average molecular weight is 625 g/mol. The summed E-state index contributed by atoms with van der Waals surface area (Å²) in [5.41, 5.74) is 5.75. The maximum absolute atomic E-state index is 13.8. The minimum absolute atomic E-state index is 0.0918. The SMILES string of the molecule is CCC(=O)Cn1nc(C)c(-c2cc3c(cc2OC)OCc2c(C(=O)N(C)C(C)(C)C)nn(-c4cc(Cl)cc(Cl)c4)c2-3)c1C. The fourth-order valence-electron chi connectivity index (χ4n) is 5.25. The van der Waals surface area contributed by atoms with Crippen LogP contribution in [0.15, 0.2) is 30.3 Å². The lowest BCUT2D eigenvalue weighted by Gasteiger charge is -2.31. The molecule has 1 amide bonds. The molecule has 1 aliphatic rings. The highest BCUT2D eigenvalue weighted by atomic mass is 35.5. The van der Waals surface area contributed by atoms with Crippen LogP contribution < -0.4 is 9.47 Å². The van der Waals surface area contributed by atoms with Crippen LogP contribution in [0, 0.1) is 13.8 Å². The Labute approximate surface area is 261 Å². The van der Waals surface area contributed by atoms with Crippen LogP contribution in [0.4, 0.5) is 0 Å². The van der Waals surface area contributed by atoms with E-state index in [9.17, 15) is 9.59 Å². The minimum atomic E-state index is -0.435. The minimum Gasteiger partial charge on any atom is -0.496 e. The van der Waals surface area contributed by atoms with Crippen molar-refractivity contribution in [3.05, 3.63) is 63.0 Å². The third kappa shape index (κ3) is 5.52. The average Bonchev–Trinajstić information content (AvgIpc) is 3.47. The van der Waals surface area contributed by atoms with Crippen LogP contribution in [0.1, 0.15) is 61.6 Å². The summed E-state index contributed by atoms with van der Waals surface area (Å²) in [6, 6.07) is 8.97. The zero-order valence-electron chi connectivity index (χ0n) is 25.6. The number of ketones is 1. The molecule has 0 aliphatic carbocycles. The second-order valence-electron chi connectivity index (χ2n) is 11.7. The van der Waals surface area contributed by atoms with E-state index in [-0.39, 0.29) is 30.5 Å². The van der Waals surface area contributed by atoms with E-state index in [1.165, 1.54) is 0 Å². The number of aromatic nitrogens is 4. The fraction of sp³-hybridized carbons (Fsp3) is 0.375. The van der Waals surface area contributed by atoms with Crippen molar-refractivity contribution in [3.63, 3.8) is 0 Å². The van der Waals surface area contributed by atoms with Gasteiger partial charge in [-0.25, -0.2) is 4.68 Å². The van der Waals surface area contributed by atoms with Crippen molar-refractivity contribution >= 4 is 34.9 Å². The Balaban J connectivity index is 1.78. The van der Waals surface area contributed by atoms with Gasteiger partial charge >= 0.3 is 0 Å². The molecule has 2 aromatic heterocycles. The summed E-state index contributed by atoms with van der Waals surface area (Å²) in [7, 11) is 3.36. The van der Waals surface area contributed by atoms with Gasteiger partial charge in [0.1, 0.15) is 18.1 Å². The van der Waals surface area contributed by atoms with E-state index in [1.807, 2.05) is 53.7 Å². The van der Waals surface area contributed by atoms with Crippen molar-refractivity contribution in [2.45, 2.75) is 66.7 Å². The lowest BCUT2D eigenvalue weighted by molar-refractivity contribution is -0.119. The molecule has 43 heavy (non-hydrogen) atoms. The van der Waals surface area contributed by atoms with E-state index in [4.69, 9.17) is 37.8 Å². The van der Waals surface area contributed by atoms with Gasteiger partial charge in [0, 0.05) is 63.1 Å². The Morgan fingerprint density at radius 1 is 1.05 bits per heavy atom. The smallest absolute Gasteiger partial charge is 0.274 e. The summed E-state index contributed by atoms with van der Waals surface area (Å²) in [6.45, 7) is 11.9. The van der Waals surface area contributed by atoms with Crippen LogP contribution >= 0.6 is 23.2 Å².